The van der Waals surface area contributed by atoms with Gasteiger partial charge in [0, 0.05) is 38.6 Å². The van der Waals surface area contributed by atoms with Gasteiger partial charge in [-0.3, -0.25) is 4.57 Å². The van der Waals surface area contributed by atoms with E-state index in [2.05, 4.69) is 161 Å². The quantitative estimate of drug-likeness (QED) is 0.169. The van der Waals surface area contributed by atoms with Crippen LogP contribution < -0.4 is 4.90 Å². The fourth-order valence-corrected chi connectivity index (χ4v) is 8.64. The first-order valence-corrected chi connectivity index (χ1v) is 19.9. The lowest BCUT2D eigenvalue weighted by atomic mass is 9.82. The molecule has 1 aliphatic rings. The molecule has 0 N–H and O–H groups in total. The molecule has 0 radical (unpaired) electrons. The fraction of sp³-hybridized carbons (Fsp3) is 0. The zero-order valence-corrected chi connectivity index (χ0v) is 32.3. The molecule has 11 rings (SSSR count). The van der Waals surface area contributed by atoms with Gasteiger partial charge in [-0.2, -0.15) is 15.2 Å². The average molecular weight is 767 g/mol. The highest BCUT2D eigenvalue weighted by molar-refractivity contribution is 6.13. The van der Waals surface area contributed by atoms with Crippen LogP contribution in [0, 0.1) is 11.3 Å². The minimum atomic E-state index is 0.476. The Hall–Kier alpha value is -8.40. The van der Waals surface area contributed by atoms with Crippen LogP contribution in [0.15, 0.2) is 206 Å². The van der Waals surface area contributed by atoms with Crippen LogP contribution in [0.5, 0.6) is 0 Å². The number of hydrogen-bond donors (Lipinski definition) is 0. The normalized spacial score (nSPS) is 11.9. The van der Waals surface area contributed by atoms with Gasteiger partial charge in [0.15, 0.2) is 11.6 Å². The molecule has 0 fully saturated rings. The molecular formula is C54H34N6. The molecule has 0 aliphatic carbocycles. The highest BCUT2D eigenvalue weighted by Crippen LogP contribution is 2.52. The first-order chi connectivity index (χ1) is 29.7. The monoisotopic (exact) mass is 766 g/mol. The van der Waals surface area contributed by atoms with E-state index in [1.165, 1.54) is 0 Å². The van der Waals surface area contributed by atoms with Crippen LogP contribution in [0.4, 0.5) is 17.1 Å². The van der Waals surface area contributed by atoms with E-state index in [-0.39, 0.29) is 0 Å². The molecule has 10 aromatic rings. The van der Waals surface area contributed by atoms with Crippen LogP contribution in [0.3, 0.4) is 0 Å². The summed E-state index contributed by atoms with van der Waals surface area (Å²) >= 11 is 0. The minimum Gasteiger partial charge on any atom is -0.308 e. The lowest BCUT2D eigenvalue weighted by Crippen LogP contribution is -2.19. The van der Waals surface area contributed by atoms with Gasteiger partial charge in [-0.15, -0.1) is 0 Å². The van der Waals surface area contributed by atoms with E-state index in [4.69, 9.17) is 15.0 Å². The number of anilines is 3. The van der Waals surface area contributed by atoms with Gasteiger partial charge in [0.1, 0.15) is 6.07 Å². The number of benzene rings is 8. The minimum absolute atomic E-state index is 0.476. The number of hydrogen-bond acceptors (Lipinski definition) is 5. The molecule has 6 heteroatoms. The topological polar surface area (TPSA) is 70.6 Å². The second kappa shape index (κ2) is 14.5. The molecular weight excluding hydrogens is 733 g/mol. The Morgan fingerprint density at radius 2 is 0.917 bits per heavy atom. The third-order valence-corrected chi connectivity index (χ3v) is 11.3. The van der Waals surface area contributed by atoms with Gasteiger partial charge in [0.2, 0.25) is 5.95 Å². The lowest BCUT2D eigenvalue weighted by molar-refractivity contribution is 0.953. The first kappa shape index (κ1) is 34.8. The summed E-state index contributed by atoms with van der Waals surface area (Å²) in [4.78, 5) is 17.5. The van der Waals surface area contributed by atoms with Crippen molar-refractivity contribution in [2.75, 3.05) is 4.90 Å². The zero-order chi connectivity index (χ0) is 40.0. The van der Waals surface area contributed by atoms with Gasteiger partial charge in [0.25, 0.3) is 0 Å². The maximum atomic E-state index is 11.0. The molecule has 280 valence electrons. The summed E-state index contributed by atoms with van der Waals surface area (Å²) in [7, 11) is 0. The predicted molar refractivity (Wildman–Crippen MR) is 242 cm³/mol. The first-order valence-electron chi connectivity index (χ1n) is 19.9. The van der Waals surface area contributed by atoms with E-state index in [0.29, 0.717) is 28.7 Å². The standard InChI is InChI=1S/C54H34N6/c55-35-40-34-39(53-56-52(38-22-8-3-9-23-38)57-54(58-53)60-46-28-14-10-24-41(46)42-25-11-15-29-47(42)60)32-33-45(40)59-48-30-16-12-26-43(48)51(44-27-13-17-31-49(44)59)50(36-18-4-1-5-19-36)37-20-6-2-7-21-37/h1-34H. The van der Waals surface area contributed by atoms with Crippen LogP contribution in [0.1, 0.15) is 27.8 Å². The molecule has 60 heavy (non-hydrogen) atoms. The van der Waals surface area contributed by atoms with Crippen molar-refractivity contribution in [2.45, 2.75) is 0 Å². The Labute approximate surface area is 347 Å². The molecule has 0 saturated heterocycles. The zero-order valence-electron chi connectivity index (χ0n) is 32.3. The second-order valence-corrected chi connectivity index (χ2v) is 14.7. The van der Waals surface area contributed by atoms with E-state index in [1.807, 2.05) is 60.7 Å². The summed E-state index contributed by atoms with van der Waals surface area (Å²) in [5, 5.41) is 13.2. The molecule has 2 aromatic heterocycles. The molecule has 3 heterocycles. The molecule has 6 nitrogen and oxygen atoms in total. The van der Waals surface area contributed by atoms with Crippen molar-refractivity contribution in [3.63, 3.8) is 0 Å². The van der Waals surface area contributed by atoms with Gasteiger partial charge in [0.05, 0.1) is 33.7 Å². The van der Waals surface area contributed by atoms with Crippen LogP contribution in [-0.2, 0) is 0 Å². The Balaban J connectivity index is 1.11. The smallest absolute Gasteiger partial charge is 0.238 e. The highest BCUT2D eigenvalue weighted by Gasteiger charge is 2.31. The van der Waals surface area contributed by atoms with Crippen molar-refractivity contribution in [1.29, 1.82) is 5.26 Å². The van der Waals surface area contributed by atoms with Gasteiger partial charge >= 0.3 is 0 Å². The number of aromatic nitrogens is 4. The summed E-state index contributed by atoms with van der Waals surface area (Å²) < 4.78 is 2.10. The van der Waals surface area contributed by atoms with Crippen LogP contribution >= 0.6 is 0 Å². The molecule has 1 aliphatic heterocycles. The Morgan fingerprint density at radius 3 is 1.48 bits per heavy atom. The van der Waals surface area contributed by atoms with Crippen molar-refractivity contribution < 1.29 is 0 Å². The van der Waals surface area contributed by atoms with Crippen LogP contribution in [-0.4, -0.2) is 19.5 Å². The van der Waals surface area contributed by atoms with E-state index in [1.54, 1.807) is 0 Å². The van der Waals surface area contributed by atoms with E-state index in [9.17, 15) is 5.26 Å². The number of fused-ring (bicyclic) bond motifs is 5. The van der Waals surface area contributed by atoms with Crippen molar-refractivity contribution in [2.24, 2.45) is 0 Å². The van der Waals surface area contributed by atoms with Crippen LogP contribution in [0.2, 0.25) is 0 Å². The summed E-state index contributed by atoms with van der Waals surface area (Å²) in [5.41, 5.74) is 13.5. The third-order valence-electron chi connectivity index (χ3n) is 11.3. The van der Waals surface area contributed by atoms with Crippen molar-refractivity contribution in [3.8, 4) is 34.8 Å². The average Bonchev–Trinajstić information content (AvgIpc) is 3.66. The number of nitriles is 1. The molecule has 0 amide bonds. The van der Waals surface area contributed by atoms with Crippen LogP contribution in [0.25, 0.3) is 61.7 Å². The maximum Gasteiger partial charge on any atom is 0.238 e. The molecule has 0 unspecified atom stereocenters. The summed E-state index contributed by atoms with van der Waals surface area (Å²) in [6, 6.07) is 73.3. The van der Waals surface area contributed by atoms with Crippen molar-refractivity contribution in [3.05, 3.63) is 234 Å². The molecule has 0 spiro atoms. The fourth-order valence-electron chi connectivity index (χ4n) is 8.64. The predicted octanol–water partition coefficient (Wildman–Crippen LogP) is 13.0. The Morgan fingerprint density at radius 1 is 0.433 bits per heavy atom. The van der Waals surface area contributed by atoms with E-state index >= 15 is 0 Å². The molecule has 0 saturated carbocycles. The second-order valence-electron chi connectivity index (χ2n) is 14.7. The Bertz CT molecular complexity index is 3180. The molecule has 8 aromatic carbocycles. The molecule has 0 atom stereocenters. The maximum absolute atomic E-state index is 11.0. The highest BCUT2D eigenvalue weighted by atomic mass is 15.2. The van der Waals surface area contributed by atoms with E-state index < -0.39 is 0 Å². The van der Waals surface area contributed by atoms with Gasteiger partial charge in [-0.1, -0.05) is 164 Å². The SMILES string of the molecule is N#Cc1cc(-c2nc(-c3ccccc3)nc(-n3c4ccccc4c4ccccc43)n2)ccc1N1c2ccccc2C(=C(c2ccccc2)c2ccccc2)c2ccccc21. The number of rotatable bonds is 6. The van der Waals surface area contributed by atoms with Gasteiger partial charge in [-0.25, -0.2) is 4.98 Å². The molecule has 0 bridgehead atoms. The Kier molecular flexibility index (Phi) is 8.42. The van der Waals surface area contributed by atoms with Crippen molar-refractivity contribution >= 4 is 50.0 Å². The van der Waals surface area contributed by atoms with Gasteiger partial charge in [-0.05, 0) is 59.2 Å². The van der Waals surface area contributed by atoms with Crippen molar-refractivity contribution in [1.82, 2.24) is 19.5 Å². The summed E-state index contributed by atoms with van der Waals surface area (Å²) in [6.07, 6.45) is 0. The largest absolute Gasteiger partial charge is 0.308 e. The number of para-hydroxylation sites is 4. The summed E-state index contributed by atoms with van der Waals surface area (Å²) in [6.45, 7) is 0. The van der Waals surface area contributed by atoms with Gasteiger partial charge < -0.3 is 4.90 Å². The third kappa shape index (κ3) is 5.76. The lowest BCUT2D eigenvalue weighted by Gasteiger charge is -2.36. The summed E-state index contributed by atoms with van der Waals surface area (Å²) in [5.74, 6) is 1.53. The number of nitrogens with zero attached hydrogens (tertiary/aromatic N) is 6. The van der Waals surface area contributed by atoms with E-state index in [0.717, 1.165) is 77.8 Å².